The lowest BCUT2D eigenvalue weighted by Gasteiger charge is -2.22. The largest absolute Gasteiger partial charge is 0.461 e. The highest BCUT2D eigenvalue weighted by Gasteiger charge is 2.24. The number of rotatable bonds is 3. The van der Waals surface area contributed by atoms with Crippen LogP contribution in [0.1, 0.15) is 5.56 Å². The van der Waals surface area contributed by atoms with Crippen LogP contribution in [0.3, 0.4) is 0 Å². The Kier molecular flexibility index (Phi) is 3.51. The molecule has 0 N–H and O–H groups in total. The van der Waals surface area contributed by atoms with Crippen LogP contribution < -0.4 is 0 Å². The molecule has 1 atom stereocenters. The fraction of sp³-hybridized carbons (Fsp3) is 0.250. The van der Waals surface area contributed by atoms with Crippen molar-refractivity contribution in [2.24, 2.45) is 0 Å². The first-order valence-electron chi connectivity index (χ1n) is 4.92. The summed E-state index contributed by atoms with van der Waals surface area (Å²) in [6, 6.07) is 9.35. The van der Waals surface area contributed by atoms with E-state index in [0.717, 1.165) is 5.56 Å². The Morgan fingerprint density at radius 2 is 2.06 bits per heavy atom. The van der Waals surface area contributed by atoms with E-state index in [1.807, 2.05) is 36.6 Å². The molecule has 3 nitrogen and oxygen atoms in total. The van der Waals surface area contributed by atoms with Crippen molar-refractivity contribution in [3.05, 3.63) is 42.2 Å². The van der Waals surface area contributed by atoms with E-state index in [1.165, 1.54) is 6.26 Å². The lowest BCUT2D eigenvalue weighted by atomic mass is 10.1. The maximum atomic E-state index is 11.7. The molecule has 84 valence electrons. The first kappa shape index (κ1) is 11.1. The molecule has 0 radical (unpaired) electrons. The topological polar surface area (TPSA) is 35.5 Å². The molecule has 1 aromatic rings. The average molecular weight is 236 g/mol. The van der Waals surface area contributed by atoms with Gasteiger partial charge in [-0.05, 0) is 11.8 Å². The molecule has 0 saturated carbocycles. The number of carbonyl (C=O) groups is 1. The Hall–Kier alpha value is -1.42. The lowest BCUT2D eigenvalue weighted by molar-refractivity contribution is -0.161. The van der Waals surface area contributed by atoms with E-state index in [9.17, 15) is 4.79 Å². The molecule has 0 spiro atoms. The minimum atomic E-state index is -0.463. The van der Waals surface area contributed by atoms with Crippen LogP contribution in [0, 0.1) is 0 Å². The zero-order valence-electron chi connectivity index (χ0n) is 8.88. The summed E-state index contributed by atoms with van der Waals surface area (Å²) in [5.41, 5.74) is 1.29. The molecule has 1 aliphatic rings. The van der Waals surface area contributed by atoms with Gasteiger partial charge >= 0.3 is 5.97 Å². The Balaban J connectivity index is 2.16. The first-order chi connectivity index (χ1) is 7.81. The summed E-state index contributed by atoms with van der Waals surface area (Å²) in [5.74, 6) is 0.320. The van der Waals surface area contributed by atoms with Crippen LogP contribution in [0.15, 0.2) is 36.6 Å². The number of ether oxygens (including phenoxy) is 2. The fourth-order valence-electron chi connectivity index (χ4n) is 1.42. The van der Waals surface area contributed by atoms with E-state index in [2.05, 4.69) is 0 Å². The number of esters is 1. The molecule has 0 aliphatic carbocycles. The standard InChI is InChI=1S/C12H12O3S/c1-16-8-11-14-7-10(12(13)15-11)9-5-3-2-4-6-9/h2-7,11H,8H2,1H3. The van der Waals surface area contributed by atoms with Gasteiger partial charge in [0.05, 0.1) is 5.75 Å². The van der Waals surface area contributed by atoms with Crippen molar-refractivity contribution in [3.8, 4) is 0 Å². The van der Waals surface area contributed by atoms with Crippen LogP contribution in [0.2, 0.25) is 0 Å². The number of hydrogen-bond donors (Lipinski definition) is 0. The van der Waals surface area contributed by atoms with Gasteiger partial charge in [0, 0.05) is 0 Å². The lowest BCUT2D eigenvalue weighted by Crippen LogP contribution is -2.27. The number of cyclic esters (lactones) is 1. The van der Waals surface area contributed by atoms with Gasteiger partial charge in [-0.25, -0.2) is 4.79 Å². The molecule has 16 heavy (non-hydrogen) atoms. The average Bonchev–Trinajstić information content (AvgIpc) is 2.31. The van der Waals surface area contributed by atoms with Crippen molar-refractivity contribution in [1.29, 1.82) is 0 Å². The zero-order chi connectivity index (χ0) is 11.4. The minimum Gasteiger partial charge on any atom is -0.461 e. The van der Waals surface area contributed by atoms with Crippen molar-refractivity contribution >= 4 is 23.3 Å². The first-order valence-corrected chi connectivity index (χ1v) is 6.31. The second-order valence-electron chi connectivity index (χ2n) is 3.32. The second kappa shape index (κ2) is 5.07. The molecule has 0 aromatic heterocycles. The maximum Gasteiger partial charge on any atom is 0.344 e. The normalized spacial score (nSPS) is 19.7. The summed E-state index contributed by atoms with van der Waals surface area (Å²) in [7, 11) is 0. The molecule has 1 unspecified atom stereocenters. The molecule has 0 bridgehead atoms. The van der Waals surface area contributed by atoms with Crippen LogP contribution in [0.4, 0.5) is 0 Å². The summed E-state index contributed by atoms with van der Waals surface area (Å²) in [4.78, 5) is 11.7. The molecule has 0 saturated heterocycles. The SMILES string of the molecule is CSCC1OC=C(c2ccccc2)C(=O)O1. The number of benzene rings is 1. The van der Waals surface area contributed by atoms with Gasteiger partial charge in [-0.2, -0.15) is 11.8 Å². The van der Waals surface area contributed by atoms with E-state index in [4.69, 9.17) is 9.47 Å². The van der Waals surface area contributed by atoms with Crippen LogP contribution in [0.5, 0.6) is 0 Å². The second-order valence-corrected chi connectivity index (χ2v) is 4.23. The predicted octanol–water partition coefficient (Wildman–Crippen LogP) is 2.29. The molecule has 0 fully saturated rings. The Labute approximate surface area is 98.4 Å². The molecule has 1 aromatic carbocycles. The monoisotopic (exact) mass is 236 g/mol. The van der Waals surface area contributed by atoms with E-state index >= 15 is 0 Å². The van der Waals surface area contributed by atoms with Gasteiger partial charge in [0.1, 0.15) is 11.8 Å². The third-order valence-corrected chi connectivity index (χ3v) is 2.79. The van der Waals surface area contributed by atoms with Gasteiger partial charge in [-0.3, -0.25) is 0 Å². The zero-order valence-corrected chi connectivity index (χ0v) is 9.70. The van der Waals surface area contributed by atoms with Crippen molar-refractivity contribution in [2.75, 3.05) is 12.0 Å². The number of carbonyl (C=O) groups excluding carboxylic acids is 1. The molecule has 1 heterocycles. The van der Waals surface area contributed by atoms with Gasteiger partial charge in [-0.15, -0.1) is 0 Å². The van der Waals surface area contributed by atoms with Crippen LogP contribution in [-0.4, -0.2) is 24.3 Å². The van der Waals surface area contributed by atoms with E-state index < -0.39 is 6.29 Å². The summed E-state index contributed by atoms with van der Waals surface area (Å²) in [5, 5.41) is 0. The maximum absolute atomic E-state index is 11.7. The van der Waals surface area contributed by atoms with Crippen LogP contribution in [0.25, 0.3) is 5.57 Å². The van der Waals surface area contributed by atoms with Crippen molar-refractivity contribution < 1.29 is 14.3 Å². The molecular weight excluding hydrogens is 224 g/mol. The van der Waals surface area contributed by atoms with E-state index in [0.29, 0.717) is 11.3 Å². The molecule has 4 heteroatoms. The van der Waals surface area contributed by atoms with E-state index in [-0.39, 0.29) is 5.97 Å². The van der Waals surface area contributed by atoms with Crippen molar-refractivity contribution in [3.63, 3.8) is 0 Å². The molecule has 2 rings (SSSR count). The Bertz CT molecular complexity index is 400. The Morgan fingerprint density at radius 1 is 1.31 bits per heavy atom. The quantitative estimate of drug-likeness (QED) is 0.754. The highest BCUT2D eigenvalue weighted by Crippen LogP contribution is 2.22. The van der Waals surface area contributed by atoms with Crippen LogP contribution >= 0.6 is 11.8 Å². The van der Waals surface area contributed by atoms with Gasteiger partial charge in [0.15, 0.2) is 0 Å². The third-order valence-electron chi connectivity index (χ3n) is 2.18. The fourth-order valence-corrected chi connectivity index (χ4v) is 1.83. The summed E-state index contributed by atoms with van der Waals surface area (Å²) in [6.45, 7) is 0. The summed E-state index contributed by atoms with van der Waals surface area (Å²) in [6.07, 6.45) is 2.96. The van der Waals surface area contributed by atoms with Gasteiger partial charge < -0.3 is 9.47 Å². The van der Waals surface area contributed by atoms with Crippen molar-refractivity contribution in [2.45, 2.75) is 6.29 Å². The molecular formula is C12H12O3S. The number of thioether (sulfide) groups is 1. The van der Waals surface area contributed by atoms with Gasteiger partial charge in [0.25, 0.3) is 6.29 Å². The third kappa shape index (κ3) is 2.39. The highest BCUT2D eigenvalue weighted by atomic mass is 32.2. The summed E-state index contributed by atoms with van der Waals surface area (Å²) < 4.78 is 10.5. The molecule has 0 amide bonds. The molecule has 1 aliphatic heterocycles. The summed E-state index contributed by atoms with van der Waals surface area (Å²) >= 11 is 1.58. The predicted molar refractivity (Wildman–Crippen MR) is 63.8 cm³/mol. The van der Waals surface area contributed by atoms with Crippen LogP contribution in [-0.2, 0) is 14.3 Å². The highest BCUT2D eigenvalue weighted by molar-refractivity contribution is 7.98. The smallest absolute Gasteiger partial charge is 0.344 e. The van der Waals surface area contributed by atoms with E-state index in [1.54, 1.807) is 11.8 Å². The minimum absolute atomic E-state index is 0.323. The van der Waals surface area contributed by atoms with Gasteiger partial charge in [-0.1, -0.05) is 30.3 Å². The number of hydrogen-bond acceptors (Lipinski definition) is 4. The van der Waals surface area contributed by atoms with Gasteiger partial charge in [0.2, 0.25) is 0 Å². The Morgan fingerprint density at radius 3 is 2.69 bits per heavy atom. The van der Waals surface area contributed by atoms with Crippen molar-refractivity contribution in [1.82, 2.24) is 0 Å².